The van der Waals surface area contributed by atoms with Crippen LogP contribution in [-0.4, -0.2) is 40.8 Å². The van der Waals surface area contributed by atoms with E-state index in [4.69, 9.17) is 9.78 Å². The molecule has 3 heteroatoms. The molecule has 0 spiro atoms. The molecule has 0 atom stereocenters. The molecule has 0 rings (SSSR count). The molecular weight excluding hydrogens is 175 g/mol. The molecule has 0 aromatic rings. The van der Waals surface area contributed by atoms with Gasteiger partial charge in [0.15, 0.2) is 0 Å². The summed E-state index contributed by atoms with van der Waals surface area (Å²) in [6.07, 6.45) is 1.90. The topological polar surface area (TPSA) is 18.5 Å². The van der Waals surface area contributed by atoms with E-state index in [1.165, 1.54) is 0 Å². The SMILES string of the molecule is CCC(C)(C)OOC(C)(C)CC.[NaH]. The van der Waals surface area contributed by atoms with Crippen molar-refractivity contribution in [2.45, 2.75) is 65.6 Å². The summed E-state index contributed by atoms with van der Waals surface area (Å²) < 4.78 is 0. The molecule has 0 radical (unpaired) electrons. The van der Waals surface area contributed by atoms with Crippen molar-refractivity contribution in [3.63, 3.8) is 0 Å². The molecule has 0 aliphatic heterocycles. The van der Waals surface area contributed by atoms with Gasteiger partial charge < -0.3 is 0 Å². The van der Waals surface area contributed by atoms with Gasteiger partial charge in [-0.2, -0.15) is 0 Å². The molecule has 2 nitrogen and oxygen atoms in total. The van der Waals surface area contributed by atoms with Gasteiger partial charge in [-0.05, 0) is 40.5 Å². The average molecular weight is 198 g/mol. The third kappa shape index (κ3) is 7.95. The molecule has 0 aliphatic rings. The van der Waals surface area contributed by atoms with Crippen LogP contribution in [0.5, 0.6) is 0 Å². The van der Waals surface area contributed by atoms with Crippen LogP contribution in [0.4, 0.5) is 0 Å². The van der Waals surface area contributed by atoms with Crippen LogP contribution < -0.4 is 0 Å². The van der Waals surface area contributed by atoms with E-state index in [9.17, 15) is 0 Å². The van der Waals surface area contributed by atoms with Gasteiger partial charge in [0, 0.05) is 0 Å². The van der Waals surface area contributed by atoms with Crippen molar-refractivity contribution in [2.75, 3.05) is 0 Å². The summed E-state index contributed by atoms with van der Waals surface area (Å²) >= 11 is 0. The zero-order valence-electron chi connectivity index (χ0n) is 9.23. The summed E-state index contributed by atoms with van der Waals surface area (Å²) in [6, 6.07) is 0. The Morgan fingerprint density at radius 3 is 1.15 bits per heavy atom. The molecular formula is C10H23NaO2. The van der Waals surface area contributed by atoms with Crippen LogP contribution in [0, 0.1) is 0 Å². The van der Waals surface area contributed by atoms with Crippen molar-refractivity contribution in [3.8, 4) is 0 Å². The first kappa shape index (κ1) is 16.4. The van der Waals surface area contributed by atoms with Crippen molar-refractivity contribution < 1.29 is 9.78 Å². The van der Waals surface area contributed by atoms with E-state index in [1.807, 2.05) is 27.7 Å². The predicted molar refractivity (Wildman–Crippen MR) is 58.1 cm³/mol. The van der Waals surface area contributed by atoms with E-state index in [1.54, 1.807) is 0 Å². The van der Waals surface area contributed by atoms with Crippen molar-refractivity contribution in [2.24, 2.45) is 0 Å². The monoisotopic (exact) mass is 198 g/mol. The molecule has 0 heterocycles. The summed E-state index contributed by atoms with van der Waals surface area (Å²) in [5, 5.41) is 0. The second kappa shape index (κ2) is 6.41. The zero-order chi connectivity index (χ0) is 9.83. The fourth-order valence-corrected chi connectivity index (χ4v) is 0.343. The van der Waals surface area contributed by atoms with Gasteiger partial charge in [-0.3, -0.25) is 0 Å². The van der Waals surface area contributed by atoms with E-state index in [0.717, 1.165) is 12.8 Å². The van der Waals surface area contributed by atoms with E-state index in [0.29, 0.717) is 0 Å². The van der Waals surface area contributed by atoms with Crippen molar-refractivity contribution in [1.29, 1.82) is 0 Å². The van der Waals surface area contributed by atoms with E-state index < -0.39 is 0 Å². The first-order valence-corrected chi connectivity index (χ1v) is 4.70. The molecule has 0 bridgehead atoms. The predicted octanol–water partition coefficient (Wildman–Crippen LogP) is 2.66. The van der Waals surface area contributed by atoms with E-state index >= 15 is 0 Å². The molecule has 0 saturated heterocycles. The van der Waals surface area contributed by atoms with Crippen LogP contribution in [-0.2, 0) is 9.78 Å². The summed E-state index contributed by atoms with van der Waals surface area (Å²) in [5.41, 5.74) is -0.348. The first-order chi connectivity index (χ1) is 5.33. The Labute approximate surface area is 105 Å². The molecule has 0 unspecified atom stereocenters. The molecule has 76 valence electrons. The Bertz CT molecular complexity index is 117. The van der Waals surface area contributed by atoms with Crippen LogP contribution in [0.1, 0.15) is 54.4 Å². The summed E-state index contributed by atoms with van der Waals surface area (Å²) in [7, 11) is 0. The van der Waals surface area contributed by atoms with Crippen molar-refractivity contribution in [3.05, 3.63) is 0 Å². The molecule has 0 N–H and O–H groups in total. The first-order valence-electron chi connectivity index (χ1n) is 4.70. The molecule has 13 heavy (non-hydrogen) atoms. The average Bonchev–Trinajstić information content (AvgIpc) is 2.02. The van der Waals surface area contributed by atoms with Gasteiger partial charge >= 0.3 is 29.6 Å². The Kier molecular flexibility index (Phi) is 8.07. The molecule has 0 aromatic carbocycles. The third-order valence-corrected chi connectivity index (χ3v) is 2.20. The zero-order valence-corrected chi connectivity index (χ0v) is 9.23. The standard InChI is InChI=1S/C10H22O2.Na.H/c1-7-9(3,4)11-12-10(5,6)8-2;;/h7-8H2,1-6H3;;. The number of hydrogen-bond acceptors (Lipinski definition) is 2. The molecule has 0 fully saturated rings. The van der Waals surface area contributed by atoms with Crippen molar-refractivity contribution >= 4 is 29.6 Å². The Morgan fingerprint density at radius 1 is 0.769 bits per heavy atom. The molecule has 0 aromatic heterocycles. The molecule has 0 amide bonds. The van der Waals surface area contributed by atoms with Gasteiger partial charge in [0.2, 0.25) is 0 Å². The molecule has 0 aliphatic carbocycles. The number of rotatable bonds is 5. The van der Waals surface area contributed by atoms with Gasteiger partial charge in [0.1, 0.15) is 0 Å². The van der Waals surface area contributed by atoms with Gasteiger partial charge in [0.25, 0.3) is 0 Å². The van der Waals surface area contributed by atoms with Crippen LogP contribution >= 0.6 is 0 Å². The number of hydrogen-bond donors (Lipinski definition) is 0. The van der Waals surface area contributed by atoms with Gasteiger partial charge in [-0.25, -0.2) is 9.78 Å². The van der Waals surface area contributed by atoms with Crippen LogP contribution in [0.25, 0.3) is 0 Å². The van der Waals surface area contributed by atoms with Gasteiger partial charge in [-0.15, -0.1) is 0 Å². The third-order valence-electron chi connectivity index (χ3n) is 2.20. The van der Waals surface area contributed by atoms with Crippen molar-refractivity contribution in [1.82, 2.24) is 0 Å². The maximum atomic E-state index is 5.33. The Balaban J connectivity index is 0. The van der Waals surface area contributed by atoms with Gasteiger partial charge in [-0.1, -0.05) is 13.8 Å². The second-order valence-corrected chi connectivity index (χ2v) is 4.39. The Hall–Kier alpha value is 0.920. The van der Waals surface area contributed by atoms with E-state index in [2.05, 4.69) is 13.8 Å². The van der Waals surface area contributed by atoms with Crippen LogP contribution in [0.3, 0.4) is 0 Å². The summed E-state index contributed by atoms with van der Waals surface area (Å²) in [6.45, 7) is 12.3. The second-order valence-electron chi connectivity index (χ2n) is 4.39. The minimum atomic E-state index is -0.174. The van der Waals surface area contributed by atoms with Gasteiger partial charge in [0.05, 0.1) is 11.2 Å². The Morgan fingerprint density at radius 2 is 1.00 bits per heavy atom. The minimum absolute atomic E-state index is 0. The summed E-state index contributed by atoms with van der Waals surface area (Å²) in [5.74, 6) is 0. The fourth-order valence-electron chi connectivity index (χ4n) is 0.343. The summed E-state index contributed by atoms with van der Waals surface area (Å²) in [4.78, 5) is 10.7. The fraction of sp³-hybridized carbons (Fsp3) is 1.00. The van der Waals surface area contributed by atoms with Crippen LogP contribution in [0.15, 0.2) is 0 Å². The normalized spacial score (nSPS) is 12.5. The molecule has 0 saturated carbocycles. The quantitative estimate of drug-likeness (QED) is 0.384. The van der Waals surface area contributed by atoms with E-state index in [-0.39, 0.29) is 40.8 Å². The maximum absolute atomic E-state index is 5.33. The van der Waals surface area contributed by atoms with Crippen LogP contribution in [0.2, 0.25) is 0 Å².